The second-order valence-corrected chi connectivity index (χ2v) is 4.93. The van der Waals surface area contributed by atoms with Crippen LogP contribution in [0.4, 0.5) is 0 Å². The van der Waals surface area contributed by atoms with Crippen molar-refractivity contribution in [1.29, 1.82) is 0 Å². The molecule has 1 nitrogen and oxygen atoms in total. The molecular weight excluding hydrogens is 220 g/mol. The van der Waals surface area contributed by atoms with Crippen LogP contribution in [0.3, 0.4) is 0 Å². The molecule has 0 unspecified atom stereocenters. The molecule has 0 fully saturated rings. The zero-order chi connectivity index (χ0) is 13.1. The van der Waals surface area contributed by atoms with Crippen molar-refractivity contribution < 1.29 is 4.74 Å². The highest BCUT2D eigenvalue weighted by atomic mass is 16.5. The van der Waals surface area contributed by atoms with E-state index in [4.69, 9.17) is 4.74 Å². The van der Waals surface area contributed by atoms with Crippen molar-refractivity contribution in [2.45, 2.75) is 33.8 Å². The molecule has 94 valence electrons. The van der Waals surface area contributed by atoms with Crippen molar-refractivity contribution in [3.8, 4) is 16.9 Å². The van der Waals surface area contributed by atoms with Crippen LogP contribution < -0.4 is 4.74 Å². The number of ether oxygens (including phenoxy) is 1. The molecule has 0 aliphatic rings. The monoisotopic (exact) mass is 240 g/mol. The summed E-state index contributed by atoms with van der Waals surface area (Å²) in [5.74, 6) is 0.963. The maximum absolute atomic E-state index is 5.91. The Bertz CT molecular complexity index is 521. The van der Waals surface area contributed by atoms with Gasteiger partial charge in [-0.1, -0.05) is 36.4 Å². The van der Waals surface area contributed by atoms with Gasteiger partial charge in [-0.2, -0.15) is 0 Å². The lowest BCUT2D eigenvalue weighted by Crippen LogP contribution is -2.06. The molecule has 0 aromatic heterocycles. The molecule has 0 radical (unpaired) electrons. The minimum Gasteiger partial charge on any atom is -0.490 e. The Morgan fingerprint density at radius 1 is 0.833 bits per heavy atom. The quantitative estimate of drug-likeness (QED) is 0.751. The lowest BCUT2D eigenvalue weighted by molar-refractivity contribution is 0.243. The van der Waals surface area contributed by atoms with E-state index in [2.05, 4.69) is 58.0 Å². The second kappa shape index (κ2) is 5.26. The van der Waals surface area contributed by atoms with Crippen molar-refractivity contribution in [2.24, 2.45) is 0 Å². The third-order valence-corrected chi connectivity index (χ3v) is 3.00. The number of hydrogen-bond donors (Lipinski definition) is 0. The van der Waals surface area contributed by atoms with E-state index in [-0.39, 0.29) is 6.10 Å². The van der Waals surface area contributed by atoms with Crippen LogP contribution in [-0.4, -0.2) is 6.10 Å². The normalized spacial score (nSPS) is 10.7. The molecule has 0 bridgehead atoms. The predicted molar refractivity (Wildman–Crippen MR) is 77.1 cm³/mol. The Balaban J connectivity index is 2.57. The van der Waals surface area contributed by atoms with E-state index in [1.807, 2.05) is 12.1 Å². The van der Waals surface area contributed by atoms with Gasteiger partial charge in [0, 0.05) is 5.56 Å². The van der Waals surface area contributed by atoms with Gasteiger partial charge in [-0.05, 0) is 50.5 Å². The van der Waals surface area contributed by atoms with E-state index < -0.39 is 0 Å². The summed E-state index contributed by atoms with van der Waals surface area (Å²) in [7, 11) is 0. The van der Waals surface area contributed by atoms with Crippen LogP contribution in [-0.2, 0) is 0 Å². The van der Waals surface area contributed by atoms with Crippen molar-refractivity contribution in [1.82, 2.24) is 0 Å². The van der Waals surface area contributed by atoms with Gasteiger partial charge >= 0.3 is 0 Å². The van der Waals surface area contributed by atoms with Crippen molar-refractivity contribution in [2.75, 3.05) is 0 Å². The fourth-order valence-corrected chi connectivity index (χ4v) is 2.27. The van der Waals surface area contributed by atoms with E-state index in [0.717, 1.165) is 5.75 Å². The van der Waals surface area contributed by atoms with Crippen LogP contribution in [0.25, 0.3) is 11.1 Å². The summed E-state index contributed by atoms with van der Waals surface area (Å²) in [5, 5.41) is 0. The van der Waals surface area contributed by atoms with Crippen LogP contribution in [0.1, 0.15) is 25.0 Å². The number of aryl methyl sites for hydroxylation is 2. The molecule has 18 heavy (non-hydrogen) atoms. The van der Waals surface area contributed by atoms with Crippen molar-refractivity contribution >= 4 is 0 Å². The molecule has 0 aliphatic carbocycles. The number of hydrogen-bond acceptors (Lipinski definition) is 1. The maximum Gasteiger partial charge on any atom is 0.127 e. The maximum atomic E-state index is 5.91. The Labute approximate surface area is 109 Å². The summed E-state index contributed by atoms with van der Waals surface area (Å²) in [6.07, 6.45) is 0.190. The molecule has 0 atom stereocenters. The van der Waals surface area contributed by atoms with Crippen LogP contribution >= 0.6 is 0 Å². The predicted octanol–water partition coefficient (Wildman–Crippen LogP) is 4.76. The minimum absolute atomic E-state index is 0.190. The summed E-state index contributed by atoms with van der Waals surface area (Å²) in [4.78, 5) is 0. The first-order valence-corrected chi connectivity index (χ1v) is 6.42. The van der Waals surface area contributed by atoms with E-state index >= 15 is 0 Å². The molecule has 2 rings (SSSR count). The minimum atomic E-state index is 0.190. The number of rotatable bonds is 3. The standard InChI is InChI=1S/C17H20O/c1-12(2)18-16-11-6-5-10-15(16)17-13(3)8-7-9-14(17)4/h5-12H,1-4H3. The average molecular weight is 240 g/mol. The third kappa shape index (κ3) is 2.56. The van der Waals surface area contributed by atoms with Crippen LogP contribution in [0.2, 0.25) is 0 Å². The van der Waals surface area contributed by atoms with Gasteiger partial charge in [-0.25, -0.2) is 0 Å². The molecule has 0 aliphatic heterocycles. The van der Waals surface area contributed by atoms with Crippen LogP contribution in [0, 0.1) is 13.8 Å². The molecule has 0 amide bonds. The number of benzene rings is 2. The van der Waals surface area contributed by atoms with Gasteiger partial charge in [0.1, 0.15) is 5.75 Å². The average Bonchev–Trinajstić information content (AvgIpc) is 2.30. The highest BCUT2D eigenvalue weighted by Crippen LogP contribution is 2.34. The topological polar surface area (TPSA) is 9.23 Å². The Morgan fingerprint density at radius 2 is 1.44 bits per heavy atom. The Hall–Kier alpha value is -1.76. The first-order valence-electron chi connectivity index (χ1n) is 6.42. The summed E-state index contributed by atoms with van der Waals surface area (Å²) >= 11 is 0. The Kier molecular flexibility index (Phi) is 3.71. The summed E-state index contributed by atoms with van der Waals surface area (Å²) in [6.45, 7) is 8.41. The first kappa shape index (κ1) is 12.7. The van der Waals surface area contributed by atoms with Crippen LogP contribution in [0.15, 0.2) is 42.5 Å². The molecule has 0 heterocycles. The molecular formula is C17H20O. The zero-order valence-corrected chi connectivity index (χ0v) is 11.5. The SMILES string of the molecule is Cc1cccc(C)c1-c1ccccc1OC(C)C. The van der Waals surface area contributed by atoms with Crippen molar-refractivity contribution in [3.63, 3.8) is 0 Å². The second-order valence-electron chi connectivity index (χ2n) is 4.93. The zero-order valence-electron chi connectivity index (χ0n) is 11.5. The third-order valence-electron chi connectivity index (χ3n) is 3.00. The first-order chi connectivity index (χ1) is 8.59. The van der Waals surface area contributed by atoms with E-state index in [1.165, 1.54) is 22.3 Å². The largest absolute Gasteiger partial charge is 0.490 e. The van der Waals surface area contributed by atoms with Gasteiger partial charge in [0.25, 0.3) is 0 Å². The molecule has 0 saturated carbocycles. The molecule has 2 aromatic carbocycles. The molecule has 0 saturated heterocycles. The van der Waals surface area contributed by atoms with Gasteiger partial charge in [0.05, 0.1) is 6.10 Å². The smallest absolute Gasteiger partial charge is 0.127 e. The highest BCUT2D eigenvalue weighted by molar-refractivity contribution is 5.76. The fraction of sp³-hybridized carbons (Fsp3) is 0.294. The highest BCUT2D eigenvalue weighted by Gasteiger charge is 2.11. The fourth-order valence-electron chi connectivity index (χ4n) is 2.27. The molecule has 0 N–H and O–H groups in total. The summed E-state index contributed by atoms with van der Waals surface area (Å²) in [6, 6.07) is 14.7. The molecule has 0 spiro atoms. The van der Waals surface area contributed by atoms with Gasteiger partial charge in [-0.3, -0.25) is 0 Å². The summed E-state index contributed by atoms with van der Waals surface area (Å²) < 4.78 is 5.91. The van der Waals surface area contributed by atoms with E-state index in [9.17, 15) is 0 Å². The van der Waals surface area contributed by atoms with Crippen molar-refractivity contribution in [3.05, 3.63) is 53.6 Å². The molecule has 2 aromatic rings. The van der Waals surface area contributed by atoms with Gasteiger partial charge in [0.2, 0.25) is 0 Å². The summed E-state index contributed by atoms with van der Waals surface area (Å²) in [5.41, 5.74) is 5.04. The molecule has 1 heteroatoms. The number of para-hydroxylation sites is 1. The van der Waals surface area contributed by atoms with Gasteiger partial charge < -0.3 is 4.74 Å². The van der Waals surface area contributed by atoms with Crippen LogP contribution in [0.5, 0.6) is 5.75 Å². The van der Waals surface area contributed by atoms with E-state index in [0.29, 0.717) is 0 Å². The van der Waals surface area contributed by atoms with Gasteiger partial charge in [-0.15, -0.1) is 0 Å². The lowest BCUT2D eigenvalue weighted by Gasteiger charge is -2.17. The van der Waals surface area contributed by atoms with Gasteiger partial charge in [0.15, 0.2) is 0 Å². The lowest BCUT2D eigenvalue weighted by atomic mass is 9.95. The van der Waals surface area contributed by atoms with E-state index in [1.54, 1.807) is 0 Å². The Morgan fingerprint density at radius 3 is 2.06 bits per heavy atom.